The molecule has 0 fully saturated rings. The first kappa shape index (κ1) is 17.8. The predicted molar refractivity (Wildman–Crippen MR) is 88.9 cm³/mol. The molecule has 0 aliphatic heterocycles. The second-order valence-electron chi connectivity index (χ2n) is 5.10. The summed E-state index contributed by atoms with van der Waals surface area (Å²) in [7, 11) is -3.74. The van der Waals surface area contributed by atoms with Crippen LogP contribution in [0.4, 0.5) is 11.6 Å². The summed E-state index contributed by atoms with van der Waals surface area (Å²) in [5.41, 5.74) is 0.821. The molecule has 0 spiro atoms. The molecular weight excluding hydrogens is 332 g/mol. The van der Waals surface area contributed by atoms with Crippen LogP contribution in [0.1, 0.15) is 30.6 Å². The van der Waals surface area contributed by atoms with Gasteiger partial charge in [-0.25, -0.2) is 18.5 Å². The monoisotopic (exact) mass is 350 g/mol. The van der Waals surface area contributed by atoms with Gasteiger partial charge in [0.15, 0.2) is 6.29 Å². The summed E-state index contributed by atoms with van der Waals surface area (Å²) < 4.78 is 28.1. The molecule has 1 heterocycles. The number of sulfonamides is 1. The average molecular weight is 350 g/mol. The lowest BCUT2D eigenvalue weighted by atomic mass is 10.3. The van der Waals surface area contributed by atoms with Crippen LogP contribution in [0.25, 0.3) is 0 Å². The molecule has 0 saturated heterocycles. The normalized spacial score (nSPS) is 12.5. The topological polar surface area (TPSA) is 124 Å². The van der Waals surface area contributed by atoms with Gasteiger partial charge in [0.2, 0.25) is 21.9 Å². The first-order valence-corrected chi connectivity index (χ1v) is 8.77. The maximum atomic E-state index is 11.2. The molecule has 3 N–H and O–H groups in total. The summed E-state index contributed by atoms with van der Waals surface area (Å²) in [5, 5.41) is 7.96. The summed E-state index contributed by atoms with van der Waals surface area (Å²) in [6.45, 7) is 3.83. The fourth-order valence-corrected chi connectivity index (χ4v) is 2.26. The fraction of sp³-hybridized carbons (Fsp3) is 0.267. The molecule has 0 aliphatic rings. The first-order valence-electron chi connectivity index (χ1n) is 7.22. The lowest BCUT2D eigenvalue weighted by Crippen LogP contribution is -2.13. The fourth-order valence-electron chi connectivity index (χ4n) is 1.74. The van der Waals surface area contributed by atoms with Crippen molar-refractivity contribution in [3.63, 3.8) is 0 Å². The Hall–Kier alpha value is -2.52. The van der Waals surface area contributed by atoms with Gasteiger partial charge in [-0.05, 0) is 37.6 Å². The molecule has 0 unspecified atom stereocenters. The molecule has 1 atom stereocenters. The Morgan fingerprint density at radius 2 is 2.00 bits per heavy atom. The van der Waals surface area contributed by atoms with Crippen molar-refractivity contribution >= 4 is 27.9 Å². The number of nitrogens with zero attached hydrogens (tertiary/aromatic N) is 2. The van der Waals surface area contributed by atoms with Gasteiger partial charge in [0.25, 0.3) is 0 Å². The Bertz CT molecular complexity index is 822. The zero-order valence-corrected chi connectivity index (χ0v) is 14.1. The van der Waals surface area contributed by atoms with Crippen molar-refractivity contribution in [1.29, 1.82) is 0 Å². The van der Waals surface area contributed by atoms with Crippen molar-refractivity contribution in [2.75, 3.05) is 5.32 Å². The highest BCUT2D eigenvalue weighted by molar-refractivity contribution is 7.89. The highest BCUT2D eigenvalue weighted by Crippen LogP contribution is 2.20. The second kappa shape index (κ2) is 7.37. The van der Waals surface area contributed by atoms with E-state index < -0.39 is 10.0 Å². The van der Waals surface area contributed by atoms with Crippen molar-refractivity contribution in [1.82, 2.24) is 9.97 Å². The molecule has 1 aromatic heterocycles. The Balaban J connectivity index is 2.23. The third-order valence-electron chi connectivity index (χ3n) is 3.23. The van der Waals surface area contributed by atoms with E-state index in [0.717, 1.165) is 6.42 Å². The van der Waals surface area contributed by atoms with Gasteiger partial charge in [0, 0.05) is 11.9 Å². The second-order valence-corrected chi connectivity index (χ2v) is 6.66. The Morgan fingerprint density at radius 1 is 1.33 bits per heavy atom. The van der Waals surface area contributed by atoms with Crippen molar-refractivity contribution in [3.05, 3.63) is 36.0 Å². The summed E-state index contributed by atoms with van der Waals surface area (Å²) in [6.07, 6.45) is 2.65. The number of nitrogens with one attached hydrogen (secondary N) is 1. The summed E-state index contributed by atoms with van der Waals surface area (Å²) in [5.74, 6) is 0.417. The molecule has 128 valence electrons. The summed E-state index contributed by atoms with van der Waals surface area (Å²) >= 11 is 0. The van der Waals surface area contributed by atoms with Gasteiger partial charge in [-0.15, -0.1) is 0 Å². The molecule has 2 aromatic rings. The van der Waals surface area contributed by atoms with E-state index in [2.05, 4.69) is 15.3 Å². The number of anilines is 2. The van der Waals surface area contributed by atoms with Gasteiger partial charge in [-0.1, -0.05) is 6.92 Å². The predicted octanol–water partition coefficient (Wildman–Crippen LogP) is 1.86. The number of hydrogen-bond acceptors (Lipinski definition) is 7. The molecular formula is C15H18N4O4S. The number of aldehydes is 1. The Labute approximate surface area is 140 Å². The SMILES string of the molecule is CC[C@@H](C)Oc1nc(Nc2ccc(S(N)(=O)=O)cc2)ncc1C=O. The largest absolute Gasteiger partial charge is 0.474 e. The third-order valence-corrected chi connectivity index (χ3v) is 4.16. The number of benzene rings is 1. The van der Waals surface area contributed by atoms with E-state index in [9.17, 15) is 13.2 Å². The molecule has 24 heavy (non-hydrogen) atoms. The number of primary sulfonamides is 1. The van der Waals surface area contributed by atoms with Gasteiger partial charge in [-0.2, -0.15) is 4.98 Å². The highest BCUT2D eigenvalue weighted by atomic mass is 32.2. The van der Waals surface area contributed by atoms with Crippen LogP contribution in [0, 0.1) is 0 Å². The smallest absolute Gasteiger partial charge is 0.238 e. The number of rotatable bonds is 7. The van der Waals surface area contributed by atoms with Crippen LogP contribution in [-0.2, 0) is 10.0 Å². The molecule has 0 bridgehead atoms. The average Bonchev–Trinajstić information content (AvgIpc) is 2.54. The Kier molecular flexibility index (Phi) is 5.47. The van der Waals surface area contributed by atoms with E-state index in [0.29, 0.717) is 12.0 Å². The molecule has 2 rings (SSSR count). The molecule has 8 nitrogen and oxygen atoms in total. The number of ether oxygens (including phenoxy) is 1. The van der Waals surface area contributed by atoms with Crippen molar-refractivity contribution in [3.8, 4) is 5.88 Å². The van der Waals surface area contributed by atoms with Gasteiger partial charge in [0.1, 0.15) is 0 Å². The molecule has 0 aliphatic carbocycles. The molecule has 0 radical (unpaired) electrons. The van der Waals surface area contributed by atoms with Crippen LogP contribution < -0.4 is 15.2 Å². The molecule has 1 aromatic carbocycles. The summed E-state index contributed by atoms with van der Waals surface area (Å²) in [6, 6.07) is 5.81. The quantitative estimate of drug-likeness (QED) is 0.730. The van der Waals surface area contributed by atoms with Crippen LogP contribution in [0.2, 0.25) is 0 Å². The van der Waals surface area contributed by atoms with E-state index >= 15 is 0 Å². The van der Waals surface area contributed by atoms with Crippen LogP contribution in [0.3, 0.4) is 0 Å². The minimum Gasteiger partial charge on any atom is -0.474 e. The van der Waals surface area contributed by atoms with Crippen molar-refractivity contribution in [2.45, 2.75) is 31.3 Å². The number of aromatic nitrogens is 2. The van der Waals surface area contributed by atoms with Crippen LogP contribution in [-0.4, -0.2) is 30.8 Å². The van der Waals surface area contributed by atoms with E-state index in [-0.39, 0.29) is 28.4 Å². The maximum Gasteiger partial charge on any atom is 0.238 e. The summed E-state index contributed by atoms with van der Waals surface area (Å²) in [4.78, 5) is 19.3. The van der Waals surface area contributed by atoms with Crippen LogP contribution >= 0.6 is 0 Å². The van der Waals surface area contributed by atoms with Crippen molar-refractivity contribution < 1.29 is 17.9 Å². The van der Waals surface area contributed by atoms with E-state index in [1.807, 2.05) is 13.8 Å². The third kappa shape index (κ3) is 4.49. The number of nitrogens with two attached hydrogens (primary N) is 1. The molecule has 9 heteroatoms. The minimum absolute atomic E-state index is 0.00561. The van der Waals surface area contributed by atoms with Gasteiger partial charge >= 0.3 is 0 Å². The zero-order chi connectivity index (χ0) is 17.7. The molecule has 0 amide bonds. The maximum absolute atomic E-state index is 11.2. The number of carbonyl (C=O) groups excluding carboxylic acids is 1. The van der Waals surface area contributed by atoms with E-state index in [4.69, 9.17) is 9.88 Å². The van der Waals surface area contributed by atoms with Gasteiger partial charge < -0.3 is 10.1 Å². The molecule has 0 saturated carbocycles. The highest BCUT2D eigenvalue weighted by Gasteiger charge is 2.12. The lowest BCUT2D eigenvalue weighted by molar-refractivity contribution is 0.111. The van der Waals surface area contributed by atoms with Crippen LogP contribution in [0.15, 0.2) is 35.4 Å². The minimum atomic E-state index is -3.74. The van der Waals surface area contributed by atoms with E-state index in [1.165, 1.54) is 30.5 Å². The first-order chi connectivity index (χ1) is 11.3. The number of carbonyl (C=O) groups is 1. The van der Waals surface area contributed by atoms with Crippen LogP contribution in [0.5, 0.6) is 5.88 Å². The van der Waals surface area contributed by atoms with E-state index in [1.54, 1.807) is 0 Å². The van der Waals surface area contributed by atoms with Gasteiger partial charge in [-0.3, -0.25) is 4.79 Å². The standard InChI is InChI=1S/C15H18N4O4S/c1-3-10(2)23-14-11(9-20)8-17-15(19-14)18-12-4-6-13(7-5-12)24(16,21)22/h4-10H,3H2,1-2H3,(H2,16,21,22)(H,17,18,19)/t10-/m1/s1. The Morgan fingerprint density at radius 3 is 2.54 bits per heavy atom. The van der Waals surface area contributed by atoms with Gasteiger partial charge in [0.05, 0.1) is 16.6 Å². The number of hydrogen-bond donors (Lipinski definition) is 2. The zero-order valence-electron chi connectivity index (χ0n) is 13.3. The lowest BCUT2D eigenvalue weighted by Gasteiger charge is -2.14. The van der Waals surface area contributed by atoms with Crippen molar-refractivity contribution in [2.24, 2.45) is 5.14 Å².